The van der Waals surface area contributed by atoms with E-state index in [4.69, 9.17) is 0 Å². The molecule has 160 valence electrons. The van der Waals surface area contributed by atoms with Gasteiger partial charge >= 0.3 is 18.4 Å². The molecule has 5 nitrogen and oxygen atoms in total. The zero-order chi connectivity index (χ0) is 22.3. The number of amides is 2. The van der Waals surface area contributed by atoms with Gasteiger partial charge in [-0.25, -0.2) is 4.79 Å². The molecule has 2 amide bonds. The van der Waals surface area contributed by atoms with Gasteiger partial charge in [0, 0.05) is 5.56 Å². The van der Waals surface area contributed by atoms with E-state index in [1.165, 1.54) is 35.6 Å². The van der Waals surface area contributed by atoms with Gasteiger partial charge in [0.15, 0.2) is 5.78 Å². The molecule has 0 saturated carbocycles. The maximum atomic E-state index is 13.7. The summed E-state index contributed by atoms with van der Waals surface area (Å²) in [4.78, 5) is 24.8. The zero-order valence-corrected chi connectivity index (χ0v) is 14.9. The lowest BCUT2D eigenvalue weighted by Gasteiger charge is -2.45. The van der Waals surface area contributed by atoms with Crippen molar-refractivity contribution in [2.45, 2.75) is 24.1 Å². The van der Waals surface area contributed by atoms with Crippen LogP contribution in [0.5, 0.6) is 0 Å². The van der Waals surface area contributed by atoms with Crippen molar-refractivity contribution in [1.29, 1.82) is 0 Å². The van der Waals surface area contributed by atoms with Crippen LogP contribution in [0.25, 0.3) is 0 Å². The van der Waals surface area contributed by atoms with Crippen molar-refractivity contribution < 1.29 is 41.0 Å². The predicted octanol–water partition coefficient (Wildman–Crippen LogP) is 3.81. The largest absolute Gasteiger partial charge is 0.437 e. The summed E-state index contributed by atoms with van der Waals surface area (Å²) < 4.78 is 79.6. The lowest BCUT2D eigenvalue weighted by molar-refractivity contribution is -0.287. The predicted molar refractivity (Wildman–Crippen MR) is 91.1 cm³/mol. The number of urea groups is 1. The molecular formula is C19H14F6N2O3. The van der Waals surface area contributed by atoms with Gasteiger partial charge in [0.2, 0.25) is 5.72 Å². The van der Waals surface area contributed by atoms with E-state index in [1.54, 1.807) is 0 Å². The molecule has 2 aromatic carbocycles. The van der Waals surface area contributed by atoms with E-state index in [-0.39, 0.29) is 11.1 Å². The minimum Gasteiger partial charge on any atom is -0.363 e. The highest BCUT2D eigenvalue weighted by Crippen LogP contribution is 2.44. The van der Waals surface area contributed by atoms with Crippen LogP contribution in [0.3, 0.4) is 0 Å². The van der Waals surface area contributed by atoms with E-state index in [1.807, 2.05) is 0 Å². The highest BCUT2D eigenvalue weighted by molar-refractivity contribution is 6.00. The van der Waals surface area contributed by atoms with Crippen molar-refractivity contribution in [1.82, 2.24) is 10.6 Å². The third-order valence-electron chi connectivity index (χ3n) is 4.74. The molecule has 30 heavy (non-hydrogen) atoms. The summed E-state index contributed by atoms with van der Waals surface area (Å²) in [6, 6.07) is 6.48. The molecule has 1 saturated heterocycles. The fourth-order valence-corrected chi connectivity index (χ4v) is 3.28. The van der Waals surface area contributed by atoms with Crippen LogP contribution < -0.4 is 10.6 Å². The number of hydrogen-bond donors (Lipinski definition) is 3. The van der Waals surface area contributed by atoms with Gasteiger partial charge in [-0.3, -0.25) is 4.79 Å². The van der Waals surface area contributed by atoms with E-state index < -0.39 is 47.4 Å². The maximum absolute atomic E-state index is 13.7. The SMILES string of the molecule is O=C1N[C@@H](c2ccc(C(F)(F)F)cc2)[C@@H](C(=O)c2ccccc2)[C@@](O)(C(F)(F)F)N1. The normalized spacial score (nSPS) is 24.7. The number of halogens is 6. The first-order chi connectivity index (χ1) is 13.8. The Kier molecular flexibility index (Phi) is 5.27. The van der Waals surface area contributed by atoms with Gasteiger partial charge in [-0.05, 0) is 17.7 Å². The quantitative estimate of drug-likeness (QED) is 0.510. The minimum absolute atomic E-state index is 0.181. The van der Waals surface area contributed by atoms with Gasteiger partial charge in [0.05, 0.1) is 11.6 Å². The molecule has 3 atom stereocenters. The first-order valence-electron chi connectivity index (χ1n) is 8.49. The lowest BCUT2D eigenvalue weighted by Crippen LogP contribution is -2.72. The summed E-state index contributed by atoms with van der Waals surface area (Å²) >= 11 is 0. The third kappa shape index (κ3) is 3.84. The number of hydrogen-bond acceptors (Lipinski definition) is 3. The maximum Gasteiger partial charge on any atom is 0.437 e. The third-order valence-corrected chi connectivity index (χ3v) is 4.74. The Morgan fingerprint density at radius 1 is 0.933 bits per heavy atom. The van der Waals surface area contributed by atoms with Crippen molar-refractivity contribution in [3.8, 4) is 0 Å². The standard InChI is InChI=1S/C19H14F6N2O3/c20-18(21,22)12-8-6-10(7-9-12)14-13(15(28)11-4-2-1-3-5-11)17(30,19(23,24)25)27-16(29)26-14/h1-9,13-14,30H,(H2,26,27,29)/t13-,14-,17+/m0/s1. The highest BCUT2D eigenvalue weighted by atomic mass is 19.4. The van der Waals surface area contributed by atoms with Crippen molar-refractivity contribution in [2.75, 3.05) is 0 Å². The molecule has 1 heterocycles. The summed E-state index contributed by atoms with van der Waals surface area (Å²) in [7, 11) is 0. The Hall–Kier alpha value is -3.08. The number of aliphatic hydroxyl groups is 1. The molecule has 0 aromatic heterocycles. The molecule has 11 heteroatoms. The molecule has 0 bridgehead atoms. The Morgan fingerprint density at radius 2 is 1.50 bits per heavy atom. The lowest BCUT2D eigenvalue weighted by atomic mass is 9.77. The summed E-state index contributed by atoms with van der Waals surface area (Å²) in [5.74, 6) is -3.47. The second kappa shape index (κ2) is 7.31. The number of ketones is 1. The Morgan fingerprint density at radius 3 is 2.00 bits per heavy atom. The van der Waals surface area contributed by atoms with Crippen molar-refractivity contribution in [3.63, 3.8) is 0 Å². The Bertz CT molecular complexity index is 943. The molecule has 0 radical (unpaired) electrons. The average molecular weight is 432 g/mol. The number of alkyl halides is 6. The number of nitrogens with one attached hydrogen (secondary N) is 2. The number of benzene rings is 2. The Labute approximate surface area is 165 Å². The highest BCUT2D eigenvalue weighted by Gasteiger charge is 2.66. The molecule has 0 spiro atoms. The molecule has 3 N–H and O–H groups in total. The number of carbonyl (C=O) groups excluding carboxylic acids is 2. The van der Waals surface area contributed by atoms with Gasteiger partial charge in [-0.15, -0.1) is 0 Å². The smallest absolute Gasteiger partial charge is 0.363 e. The van der Waals surface area contributed by atoms with Crippen molar-refractivity contribution in [2.24, 2.45) is 5.92 Å². The minimum atomic E-state index is -5.45. The van der Waals surface area contributed by atoms with Gasteiger partial charge in [0.1, 0.15) is 5.92 Å². The Balaban J connectivity index is 2.13. The second-order valence-corrected chi connectivity index (χ2v) is 6.67. The topological polar surface area (TPSA) is 78.4 Å². The molecule has 2 aromatic rings. The van der Waals surface area contributed by atoms with Crippen LogP contribution in [-0.2, 0) is 6.18 Å². The van der Waals surface area contributed by atoms with Crippen molar-refractivity contribution in [3.05, 3.63) is 71.3 Å². The summed E-state index contributed by atoms with van der Waals surface area (Å²) in [5.41, 5.74) is -5.41. The summed E-state index contributed by atoms with van der Waals surface area (Å²) in [6.07, 6.45) is -10.1. The van der Waals surface area contributed by atoms with E-state index in [0.717, 1.165) is 12.1 Å². The van der Waals surface area contributed by atoms with E-state index >= 15 is 0 Å². The van der Waals surface area contributed by atoms with Crippen LogP contribution in [0.2, 0.25) is 0 Å². The molecule has 1 aliphatic heterocycles. The van der Waals surface area contributed by atoms with Crippen molar-refractivity contribution >= 4 is 11.8 Å². The van der Waals surface area contributed by atoms with Gasteiger partial charge in [-0.1, -0.05) is 42.5 Å². The van der Waals surface area contributed by atoms with Crippen LogP contribution in [0.1, 0.15) is 27.5 Å². The average Bonchev–Trinajstić information content (AvgIpc) is 2.66. The first-order valence-corrected chi connectivity index (χ1v) is 8.49. The number of Topliss-reactive ketones (excluding diaryl/α,β-unsaturated/α-hetero) is 1. The van der Waals surface area contributed by atoms with Crippen LogP contribution >= 0.6 is 0 Å². The molecular weight excluding hydrogens is 418 g/mol. The number of rotatable bonds is 3. The zero-order valence-electron chi connectivity index (χ0n) is 14.9. The fourth-order valence-electron chi connectivity index (χ4n) is 3.28. The van der Waals surface area contributed by atoms with Gasteiger partial charge in [-0.2, -0.15) is 26.3 Å². The first kappa shape index (κ1) is 21.6. The summed E-state index contributed by atoms with van der Waals surface area (Å²) in [5, 5.41) is 13.8. The van der Waals surface area contributed by atoms with Gasteiger partial charge in [0.25, 0.3) is 0 Å². The molecule has 0 aliphatic carbocycles. The number of carbonyl (C=O) groups is 2. The fraction of sp³-hybridized carbons (Fsp3) is 0.263. The van der Waals surface area contributed by atoms with Crippen LogP contribution in [-0.4, -0.2) is 28.8 Å². The molecule has 0 unspecified atom stereocenters. The monoisotopic (exact) mass is 432 g/mol. The van der Waals surface area contributed by atoms with E-state index in [9.17, 15) is 41.0 Å². The van der Waals surface area contributed by atoms with E-state index in [0.29, 0.717) is 12.1 Å². The summed E-state index contributed by atoms with van der Waals surface area (Å²) in [6.45, 7) is 0. The molecule has 3 rings (SSSR count). The van der Waals surface area contributed by atoms with Crippen LogP contribution in [0, 0.1) is 5.92 Å². The second-order valence-electron chi connectivity index (χ2n) is 6.67. The molecule has 1 fully saturated rings. The van der Waals surface area contributed by atoms with Crippen LogP contribution in [0.4, 0.5) is 31.1 Å². The van der Waals surface area contributed by atoms with Crippen LogP contribution in [0.15, 0.2) is 54.6 Å². The molecule has 1 aliphatic rings. The van der Waals surface area contributed by atoms with E-state index in [2.05, 4.69) is 5.32 Å². The van der Waals surface area contributed by atoms with Gasteiger partial charge < -0.3 is 15.7 Å².